The summed E-state index contributed by atoms with van der Waals surface area (Å²) in [6.45, 7) is 1.92. The fourth-order valence-corrected chi connectivity index (χ4v) is 2.02. The maximum Gasteiger partial charge on any atom is 0.337 e. The molecule has 120 valence electrons. The van der Waals surface area contributed by atoms with Crippen LogP contribution in [0, 0.1) is 0 Å². The third kappa shape index (κ3) is 4.57. The van der Waals surface area contributed by atoms with Crippen LogP contribution >= 0.6 is 0 Å². The molecule has 5 heteroatoms. The van der Waals surface area contributed by atoms with Gasteiger partial charge in [-0.1, -0.05) is 25.1 Å². The first-order chi connectivity index (χ1) is 11.1. The minimum Gasteiger partial charge on any atom is -0.465 e. The van der Waals surface area contributed by atoms with Gasteiger partial charge >= 0.3 is 5.97 Å². The van der Waals surface area contributed by atoms with Crippen molar-refractivity contribution in [3.8, 4) is 11.5 Å². The lowest BCUT2D eigenvalue weighted by molar-refractivity contribution is -0.116. The van der Waals surface area contributed by atoms with Gasteiger partial charge in [0.2, 0.25) is 5.91 Å². The molecule has 0 saturated carbocycles. The second kappa shape index (κ2) is 7.98. The molecule has 0 aliphatic carbocycles. The topological polar surface area (TPSA) is 64.6 Å². The summed E-state index contributed by atoms with van der Waals surface area (Å²) in [7, 11) is 1.31. The number of anilines is 1. The number of methoxy groups -OCH3 is 1. The van der Waals surface area contributed by atoms with Crippen LogP contribution in [0.1, 0.15) is 30.1 Å². The van der Waals surface area contributed by atoms with Gasteiger partial charge in [0.05, 0.1) is 18.4 Å². The predicted molar refractivity (Wildman–Crippen MR) is 87.8 cm³/mol. The zero-order chi connectivity index (χ0) is 16.7. The summed E-state index contributed by atoms with van der Waals surface area (Å²) in [6.07, 6.45) is 1.13. The largest absolute Gasteiger partial charge is 0.465 e. The monoisotopic (exact) mass is 313 g/mol. The molecular weight excluding hydrogens is 294 g/mol. The van der Waals surface area contributed by atoms with Crippen molar-refractivity contribution in [2.75, 3.05) is 12.4 Å². The maximum absolute atomic E-state index is 11.9. The predicted octanol–water partition coefficient (Wildman–Crippen LogP) is 4.00. The average molecular weight is 313 g/mol. The number of carbonyl (C=O) groups is 2. The number of hydrogen-bond acceptors (Lipinski definition) is 4. The summed E-state index contributed by atoms with van der Waals surface area (Å²) < 4.78 is 10.5. The number of carbonyl (C=O) groups excluding carboxylic acids is 2. The molecule has 0 aromatic heterocycles. The highest BCUT2D eigenvalue weighted by atomic mass is 16.5. The quantitative estimate of drug-likeness (QED) is 0.819. The average Bonchev–Trinajstić information content (AvgIpc) is 2.57. The van der Waals surface area contributed by atoms with Crippen LogP contribution in [0.4, 0.5) is 5.69 Å². The highest BCUT2D eigenvalue weighted by molar-refractivity contribution is 5.96. The number of esters is 1. The molecule has 2 aromatic rings. The van der Waals surface area contributed by atoms with E-state index < -0.39 is 5.97 Å². The van der Waals surface area contributed by atoms with Crippen molar-refractivity contribution in [3.63, 3.8) is 0 Å². The van der Waals surface area contributed by atoms with Crippen molar-refractivity contribution < 1.29 is 19.1 Å². The van der Waals surface area contributed by atoms with Crippen molar-refractivity contribution in [1.82, 2.24) is 0 Å². The van der Waals surface area contributed by atoms with Gasteiger partial charge in [0, 0.05) is 6.42 Å². The van der Waals surface area contributed by atoms with Gasteiger partial charge in [-0.2, -0.15) is 0 Å². The number of amides is 1. The third-order valence-corrected chi connectivity index (χ3v) is 3.12. The summed E-state index contributed by atoms with van der Waals surface area (Å²) in [5.74, 6) is 0.507. The lowest BCUT2D eigenvalue weighted by atomic mass is 10.1. The van der Waals surface area contributed by atoms with E-state index >= 15 is 0 Å². The van der Waals surface area contributed by atoms with E-state index in [1.54, 1.807) is 18.2 Å². The normalized spacial score (nSPS) is 10.0. The van der Waals surface area contributed by atoms with Crippen LogP contribution in [0.5, 0.6) is 11.5 Å². The summed E-state index contributed by atoms with van der Waals surface area (Å²) in [5, 5.41) is 2.78. The van der Waals surface area contributed by atoms with Crippen LogP contribution in [0.3, 0.4) is 0 Å². The number of hydrogen-bond donors (Lipinski definition) is 1. The number of benzene rings is 2. The van der Waals surface area contributed by atoms with E-state index in [1.165, 1.54) is 7.11 Å². The molecule has 0 heterocycles. The van der Waals surface area contributed by atoms with E-state index in [9.17, 15) is 9.59 Å². The lowest BCUT2D eigenvalue weighted by Gasteiger charge is -2.13. The Bertz CT molecular complexity index is 683. The zero-order valence-electron chi connectivity index (χ0n) is 13.2. The molecule has 2 rings (SSSR count). The molecule has 0 saturated heterocycles. The lowest BCUT2D eigenvalue weighted by Crippen LogP contribution is -2.12. The Hall–Kier alpha value is -2.82. The smallest absolute Gasteiger partial charge is 0.337 e. The Labute approximate surface area is 135 Å². The van der Waals surface area contributed by atoms with Crippen LogP contribution in [0.15, 0.2) is 48.5 Å². The number of ether oxygens (including phenoxy) is 2. The zero-order valence-corrected chi connectivity index (χ0v) is 13.2. The Morgan fingerprint density at radius 2 is 1.83 bits per heavy atom. The molecule has 23 heavy (non-hydrogen) atoms. The Morgan fingerprint density at radius 1 is 1.09 bits per heavy atom. The van der Waals surface area contributed by atoms with Gasteiger partial charge < -0.3 is 14.8 Å². The van der Waals surface area contributed by atoms with Gasteiger partial charge in [0.25, 0.3) is 0 Å². The summed E-state index contributed by atoms with van der Waals surface area (Å²) in [5.41, 5.74) is 0.787. The van der Waals surface area contributed by atoms with Gasteiger partial charge in [-0.05, 0) is 36.8 Å². The van der Waals surface area contributed by atoms with Crippen molar-refractivity contribution in [2.24, 2.45) is 0 Å². The number of nitrogens with one attached hydrogen (secondary N) is 1. The van der Waals surface area contributed by atoms with Crippen LogP contribution in [-0.2, 0) is 9.53 Å². The van der Waals surface area contributed by atoms with Gasteiger partial charge in [0.1, 0.15) is 5.75 Å². The van der Waals surface area contributed by atoms with Crippen molar-refractivity contribution >= 4 is 17.6 Å². The van der Waals surface area contributed by atoms with E-state index in [4.69, 9.17) is 9.47 Å². The molecule has 0 radical (unpaired) electrons. The second-order valence-electron chi connectivity index (χ2n) is 4.92. The fourth-order valence-electron chi connectivity index (χ4n) is 2.02. The highest BCUT2D eigenvalue weighted by Crippen LogP contribution is 2.31. The highest BCUT2D eigenvalue weighted by Gasteiger charge is 2.13. The molecule has 1 amide bonds. The standard InChI is InChI=1S/C18H19NO4/c1-3-7-17(20)19-15-12-13(18(21)22-2)10-11-16(15)23-14-8-5-4-6-9-14/h4-6,8-12H,3,7H2,1-2H3,(H,19,20). The minimum atomic E-state index is -0.470. The summed E-state index contributed by atoms with van der Waals surface area (Å²) >= 11 is 0. The fraction of sp³-hybridized carbons (Fsp3) is 0.222. The minimum absolute atomic E-state index is 0.132. The molecule has 5 nitrogen and oxygen atoms in total. The van der Waals surface area contributed by atoms with Crippen LogP contribution < -0.4 is 10.1 Å². The second-order valence-corrected chi connectivity index (χ2v) is 4.92. The molecule has 0 aliphatic heterocycles. The molecule has 0 unspecified atom stereocenters. The van der Waals surface area contributed by atoms with Gasteiger partial charge in [-0.15, -0.1) is 0 Å². The Kier molecular flexibility index (Phi) is 5.74. The van der Waals surface area contributed by atoms with Crippen molar-refractivity contribution in [1.29, 1.82) is 0 Å². The van der Waals surface area contributed by atoms with Gasteiger partial charge in [-0.3, -0.25) is 4.79 Å². The van der Waals surface area contributed by atoms with E-state index in [1.807, 2.05) is 37.3 Å². The van der Waals surface area contributed by atoms with E-state index in [0.29, 0.717) is 29.2 Å². The first-order valence-corrected chi connectivity index (χ1v) is 7.39. The van der Waals surface area contributed by atoms with Gasteiger partial charge in [0.15, 0.2) is 5.75 Å². The van der Waals surface area contributed by atoms with Gasteiger partial charge in [-0.25, -0.2) is 4.79 Å². The number of rotatable bonds is 6. The summed E-state index contributed by atoms with van der Waals surface area (Å²) in [4.78, 5) is 23.6. The van der Waals surface area contributed by atoms with E-state index in [0.717, 1.165) is 6.42 Å². The molecular formula is C18H19NO4. The SMILES string of the molecule is CCCC(=O)Nc1cc(C(=O)OC)ccc1Oc1ccccc1. The first kappa shape index (κ1) is 16.5. The molecule has 0 atom stereocenters. The number of para-hydroxylation sites is 1. The van der Waals surface area contributed by atoms with Crippen molar-refractivity contribution in [2.45, 2.75) is 19.8 Å². The van der Waals surface area contributed by atoms with E-state index in [2.05, 4.69) is 5.32 Å². The third-order valence-electron chi connectivity index (χ3n) is 3.12. The van der Waals surface area contributed by atoms with Crippen LogP contribution in [-0.4, -0.2) is 19.0 Å². The van der Waals surface area contributed by atoms with Crippen LogP contribution in [0.25, 0.3) is 0 Å². The Morgan fingerprint density at radius 3 is 2.48 bits per heavy atom. The molecule has 0 fully saturated rings. The first-order valence-electron chi connectivity index (χ1n) is 7.39. The molecule has 0 bridgehead atoms. The summed E-state index contributed by atoms with van der Waals surface area (Å²) in [6, 6.07) is 14.0. The maximum atomic E-state index is 11.9. The molecule has 2 aromatic carbocycles. The van der Waals surface area contributed by atoms with Crippen molar-refractivity contribution in [3.05, 3.63) is 54.1 Å². The molecule has 1 N–H and O–H groups in total. The van der Waals surface area contributed by atoms with Crippen LogP contribution in [0.2, 0.25) is 0 Å². The molecule has 0 spiro atoms. The van der Waals surface area contributed by atoms with E-state index in [-0.39, 0.29) is 5.91 Å². The Balaban J connectivity index is 2.31. The molecule has 0 aliphatic rings.